The second kappa shape index (κ2) is 21.6. The van der Waals surface area contributed by atoms with E-state index in [4.69, 9.17) is 4.74 Å². The van der Waals surface area contributed by atoms with Crippen LogP contribution >= 0.6 is 0 Å². The van der Waals surface area contributed by atoms with Crippen LogP contribution in [0.15, 0.2) is 60.3 Å². The van der Waals surface area contributed by atoms with Gasteiger partial charge in [-0.1, -0.05) is 75.0 Å². The molecule has 0 aromatic carbocycles. The van der Waals surface area contributed by atoms with E-state index in [9.17, 15) is 45.6 Å². The highest BCUT2D eigenvalue weighted by Gasteiger charge is 2.32. The maximum absolute atomic E-state index is 13.0. The van der Waals surface area contributed by atoms with Crippen molar-refractivity contribution in [1.82, 2.24) is 0 Å². The molecular weight excluding hydrogens is 568 g/mol. The number of rotatable bonds is 3. The van der Waals surface area contributed by atoms with Crippen LogP contribution < -0.4 is 0 Å². The molecule has 0 aromatic heterocycles. The van der Waals surface area contributed by atoms with Crippen molar-refractivity contribution in [2.75, 3.05) is 0 Å². The number of hydrogen-bond acceptors (Lipinski definition) is 10. The van der Waals surface area contributed by atoms with Crippen LogP contribution in [0.3, 0.4) is 0 Å². The first kappa shape index (κ1) is 39.9. The van der Waals surface area contributed by atoms with Gasteiger partial charge in [0.2, 0.25) is 0 Å². The van der Waals surface area contributed by atoms with Gasteiger partial charge in [-0.2, -0.15) is 0 Å². The fraction of sp³-hybridized carbons (Fsp3) is 0.676. The third-order valence-electron chi connectivity index (χ3n) is 7.65. The van der Waals surface area contributed by atoms with Crippen LogP contribution in [0, 0.1) is 11.8 Å². The topological polar surface area (TPSA) is 188 Å². The van der Waals surface area contributed by atoms with Gasteiger partial charge in [-0.15, -0.1) is 0 Å². The summed E-state index contributed by atoms with van der Waals surface area (Å²) >= 11 is 0. The first-order valence-corrected chi connectivity index (χ1v) is 15.7. The van der Waals surface area contributed by atoms with E-state index in [2.05, 4.69) is 0 Å². The largest absolute Gasteiger partial charge is 0.459 e. The molecule has 1 aliphatic heterocycles. The molecule has 0 radical (unpaired) electrons. The maximum atomic E-state index is 13.0. The molecule has 0 amide bonds. The van der Waals surface area contributed by atoms with Crippen molar-refractivity contribution in [1.29, 1.82) is 0 Å². The fourth-order valence-electron chi connectivity index (χ4n) is 4.92. The number of carbonyl (C=O) groups is 1. The van der Waals surface area contributed by atoms with E-state index in [1.807, 2.05) is 13.8 Å². The summed E-state index contributed by atoms with van der Waals surface area (Å²) in [4.78, 5) is 13.0. The van der Waals surface area contributed by atoms with Crippen LogP contribution in [-0.4, -0.2) is 102 Å². The normalized spacial score (nSPS) is 39.2. The minimum absolute atomic E-state index is 0.00155. The molecule has 0 fully saturated rings. The Hall–Kier alpha value is -2.15. The molecule has 0 aliphatic carbocycles. The molecular formula is C34H56O10. The minimum atomic E-state index is -1.26. The second-order valence-electron chi connectivity index (χ2n) is 12.4. The van der Waals surface area contributed by atoms with Crippen molar-refractivity contribution >= 4 is 5.97 Å². The van der Waals surface area contributed by atoms with Crippen molar-refractivity contribution in [3.8, 4) is 0 Å². The van der Waals surface area contributed by atoms with Gasteiger partial charge in [0.05, 0.1) is 48.6 Å². The fourth-order valence-corrected chi connectivity index (χ4v) is 4.92. The third kappa shape index (κ3) is 17.4. The van der Waals surface area contributed by atoms with Crippen LogP contribution in [0.25, 0.3) is 0 Å². The molecule has 10 atom stereocenters. The van der Waals surface area contributed by atoms with Crippen molar-refractivity contribution in [3.05, 3.63) is 60.3 Å². The average Bonchev–Trinajstić information content (AvgIpc) is 2.90. The van der Waals surface area contributed by atoms with Crippen LogP contribution in [-0.2, 0) is 9.53 Å². The Balaban J connectivity index is 3.09. The summed E-state index contributed by atoms with van der Waals surface area (Å²) in [5, 5.41) is 83.8. The lowest BCUT2D eigenvalue weighted by atomic mass is 9.89. The molecule has 0 aromatic rings. The molecule has 1 rings (SSSR count). The number of aliphatic hydroxyl groups excluding tert-OH is 8. The first-order valence-electron chi connectivity index (χ1n) is 15.7. The van der Waals surface area contributed by atoms with Crippen LogP contribution in [0.4, 0.5) is 0 Å². The lowest BCUT2D eigenvalue weighted by Gasteiger charge is -2.27. The van der Waals surface area contributed by atoms with Gasteiger partial charge in [0, 0.05) is 12.8 Å². The third-order valence-corrected chi connectivity index (χ3v) is 7.65. The Labute approximate surface area is 262 Å². The highest BCUT2D eigenvalue weighted by atomic mass is 16.6. The van der Waals surface area contributed by atoms with Gasteiger partial charge in [-0.05, 0) is 57.4 Å². The summed E-state index contributed by atoms with van der Waals surface area (Å²) in [6.45, 7) is 7.23. The molecule has 44 heavy (non-hydrogen) atoms. The van der Waals surface area contributed by atoms with Gasteiger partial charge in [0.25, 0.3) is 0 Å². The predicted molar refractivity (Wildman–Crippen MR) is 169 cm³/mol. The van der Waals surface area contributed by atoms with Gasteiger partial charge in [-0.3, -0.25) is 4.79 Å². The summed E-state index contributed by atoms with van der Waals surface area (Å²) in [5.41, 5.74) is 0.622. The van der Waals surface area contributed by atoms with Crippen molar-refractivity contribution < 1.29 is 50.4 Å². The molecule has 0 saturated carbocycles. The van der Waals surface area contributed by atoms with Gasteiger partial charge in [0.15, 0.2) is 0 Å². The van der Waals surface area contributed by atoms with E-state index in [-0.39, 0.29) is 44.4 Å². The van der Waals surface area contributed by atoms with Gasteiger partial charge < -0.3 is 45.6 Å². The summed E-state index contributed by atoms with van der Waals surface area (Å²) < 4.78 is 5.49. The Bertz CT molecular complexity index is 956. The number of aliphatic hydroxyl groups is 8. The quantitative estimate of drug-likeness (QED) is 0.217. The smallest absolute Gasteiger partial charge is 0.311 e. The Morgan fingerprint density at radius 1 is 0.705 bits per heavy atom. The van der Waals surface area contributed by atoms with Crippen molar-refractivity contribution in [2.45, 2.75) is 134 Å². The van der Waals surface area contributed by atoms with Gasteiger partial charge in [-0.25, -0.2) is 0 Å². The molecule has 1 aliphatic rings. The van der Waals surface area contributed by atoms with E-state index >= 15 is 0 Å². The molecule has 1 heterocycles. The molecule has 0 saturated heterocycles. The van der Waals surface area contributed by atoms with Crippen molar-refractivity contribution in [2.24, 2.45) is 11.8 Å². The highest BCUT2D eigenvalue weighted by Crippen LogP contribution is 2.24. The maximum Gasteiger partial charge on any atom is 0.311 e. The zero-order valence-corrected chi connectivity index (χ0v) is 26.6. The predicted octanol–water partition coefficient (Wildman–Crippen LogP) is 2.38. The second-order valence-corrected chi connectivity index (χ2v) is 12.4. The number of esters is 1. The molecule has 10 heteroatoms. The Kier molecular flexibility index (Phi) is 19.5. The zero-order valence-electron chi connectivity index (χ0n) is 26.6. The lowest BCUT2D eigenvalue weighted by Crippen LogP contribution is -2.37. The molecule has 8 N–H and O–H groups in total. The standard InChI is InChI=1S/C34H56O10/c1-22(2)14-15-30-33(42)21-29(39)19-27(37)17-25(35)16-26(36)18-28(38)20-32(41)23(3)12-10-8-6-5-7-9-11-13-31(40)24(4)44-34(30)43/h5-13,22,24-33,35-42H,14-21H2,1-4H3/b6-5+,9-7+,10-8+,13-11+,23-12+/t24-,25+,26-,27+,28-,29+,30-,31+,32+,33+/m1/s1. The van der Waals surface area contributed by atoms with Gasteiger partial charge in [0.1, 0.15) is 12.2 Å². The summed E-state index contributed by atoms with van der Waals surface area (Å²) in [5.74, 6) is -1.39. The van der Waals surface area contributed by atoms with E-state index in [1.54, 1.807) is 62.5 Å². The summed E-state index contributed by atoms with van der Waals surface area (Å²) in [7, 11) is 0. The van der Waals surface area contributed by atoms with E-state index in [0.717, 1.165) is 0 Å². The lowest BCUT2D eigenvalue weighted by molar-refractivity contribution is -0.162. The zero-order chi connectivity index (χ0) is 33.2. The first-order chi connectivity index (χ1) is 20.7. The minimum Gasteiger partial charge on any atom is -0.459 e. The van der Waals surface area contributed by atoms with Crippen LogP contribution in [0.2, 0.25) is 0 Å². The van der Waals surface area contributed by atoms with Gasteiger partial charge >= 0.3 is 5.97 Å². The van der Waals surface area contributed by atoms with E-state index < -0.39 is 66.8 Å². The number of carbonyl (C=O) groups excluding carboxylic acids is 1. The summed E-state index contributed by atoms with van der Waals surface area (Å²) in [6, 6.07) is 0. The molecule has 252 valence electrons. The average molecular weight is 625 g/mol. The molecule has 0 unspecified atom stereocenters. The van der Waals surface area contributed by atoms with E-state index in [0.29, 0.717) is 18.4 Å². The SMILES string of the molecule is C\C1=C/C=C/C=C/C=C/C=C/[C@H](O)[C@@H](C)OC(=O)[C@H](CCC(C)C)[C@@H](O)C[C@@H](O)C[C@@H](O)C[C@@H](O)C[C@@H](O)C[C@@H](O)C[C@@H]1O. The number of ether oxygens (including phenoxy) is 1. The molecule has 0 spiro atoms. The van der Waals surface area contributed by atoms with Crippen LogP contribution in [0.5, 0.6) is 0 Å². The molecule has 10 nitrogen and oxygen atoms in total. The van der Waals surface area contributed by atoms with Crippen molar-refractivity contribution in [3.63, 3.8) is 0 Å². The van der Waals surface area contributed by atoms with E-state index in [1.165, 1.54) is 6.08 Å². The summed E-state index contributed by atoms with van der Waals surface area (Å²) in [6.07, 6.45) is 5.76. The van der Waals surface area contributed by atoms with Crippen LogP contribution in [0.1, 0.15) is 79.1 Å². The number of allylic oxidation sites excluding steroid dienone is 8. The number of cyclic esters (lactones) is 1. The number of hydrogen-bond donors (Lipinski definition) is 8. The monoisotopic (exact) mass is 624 g/mol. The highest BCUT2D eigenvalue weighted by molar-refractivity contribution is 5.73. The Morgan fingerprint density at radius 3 is 1.68 bits per heavy atom. The molecule has 0 bridgehead atoms. The Morgan fingerprint density at radius 2 is 1.16 bits per heavy atom.